The number of anilines is 2. The minimum absolute atomic E-state index is 0.546. The standard InChI is InChI=1S/C15H26N4/c1-3-8-13-18-14(16)11(2)15(19-13)17-12-9-6-4-5-7-10-12/h12H,3-10H2,1-2H3,(H3,16,17,18,19). The van der Waals surface area contributed by atoms with E-state index in [1.54, 1.807) is 0 Å². The molecule has 0 bridgehead atoms. The topological polar surface area (TPSA) is 63.8 Å². The van der Waals surface area contributed by atoms with Gasteiger partial charge >= 0.3 is 0 Å². The molecule has 1 aliphatic carbocycles. The summed E-state index contributed by atoms with van der Waals surface area (Å²) in [6, 6.07) is 0.546. The van der Waals surface area contributed by atoms with Crippen LogP contribution in [0.15, 0.2) is 0 Å². The Kier molecular flexibility index (Phi) is 5.00. The first-order chi connectivity index (χ1) is 9.20. The molecule has 0 atom stereocenters. The lowest BCUT2D eigenvalue weighted by Crippen LogP contribution is -2.21. The van der Waals surface area contributed by atoms with Gasteiger partial charge in [0.1, 0.15) is 17.5 Å². The fourth-order valence-electron chi connectivity index (χ4n) is 2.68. The molecule has 0 aromatic carbocycles. The minimum Gasteiger partial charge on any atom is -0.383 e. The number of nitrogens with zero attached hydrogens (tertiary/aromatic N) is 2. The molecule has 0 radical (unpaired) electrons. The number of hydrogen-bond donors (Lipinski definition) is 2. The molecule has 4 heteroatoms. The smallest absolute Gasteiger partial charge is 0.134 e. The lowest BCUT2D eigenvalue weighted by molar-refractivity contribution is 0.616. The fourth-order valence-corrected chi connectivity index (χ4v) is 2.68. The molecule has 0 unspecified atom stereocenters. The summed E-state index contributed by atoms with van der Waals surface area (Å²) < 4.78 is 0. The van der Waals surface area contributed by atoms with Crippen LogP contribution in [0.1, 0.15) is 63.3 Å². The molecule has 0 aliphatic heterocycles. The van der Waals surface area contributed by atoms with Crippen molar-refractivity contribution in [2.45, 2.75) is 71.3 Å². The van der Waals surface area contributed by atoms with Gasteiger partial charge in [0.05, 0.1) is 0 Å². The highest BCUT2D eigenvalue weighted by Gasteiger charge is 2.15. The van der Waals surface area contributed by atoms with E-state index in [1.807, 2.05) is 6.92 Å². The summed E-state index contributed by atoms with van der Waals surface area (Å²) in [7, 11) is 0. The van der Waals surface area contributed by atoms with Crippen molar-refractivity contribution in [1.29, 1.82) is 0 Å². The Hall–Kier alpha value is -1.32. The maximum atomic E-state index is 6.00. The van der Waals surface area contributed by atoms with Crippen molar-refractivity contribution in [2.75, 3.05) is 11.1 Å². The van der Waals surface area contributed by atoms with E-state index in [4.69, 9.17) is 5.73 Å². The molecular weight excluding hydrogens is 236 g/mol. The number of rotatable bonds is 4. The van der Waals surface area contributed by atoms with E-state index in [0.717, 1.165) is 30.0 Å². The summed E-state index contributed by atoms with van der Waals surface area (Å²) in [5, 5.41) is 3.60. The summed E-state index contributed by atoms with van der Waals surface area (Å²) in [6.07, 6.45) is 9.79. The van der Waals surface area contributed by atoms with Gasteiger partial charge in [-0.1, -0.05) is 32.6 Å². The number of aryl methyl sites for hydroxylation is 1. The molecule has 3 N–H and O–H groups in total. The number of aromatic nitrogens is 2. The van der Waals surface area contributed by atoms with Gasteiger partial charge in [-0.15, -0.1) is 0 Å². The Morgan fingerprint density at radius 3 is 2.47 bits per heavy atom. The van der Waals surface area contributed by atoms with Crippen molar-refractivity contribution in [3.63, 3.8) is 0 Å². The van der Waals surface area contributed by atoms with Crippen LogP contribution in [0.4, 0.5) is 11.6 Å². The number of nitrogen functional groups attached to an aromatic ring is 1. The number of hydrogen-bond acceptors (Lipinski definition) is 4. The van der Waals surface area contributed by atoms with Gasteiger partial charge in [-0.25, -0.2) is 9.97 Å². The lowest BCUT2D eigenvalue weighted by atomic mass is 10.1. The fraction of sp³-hybridized carbons (Fsp3) is 0.733. The third-order valence-electron chi connectivity index (χ3n) is 3.90. The number of nitrogens with two attached hydrogens (primary N) is 1. The highest BCUT2D eigenvalue weighted by molar-refractivity contribution is 5.55. The van der Waals surface area contributed by atoms with Crippen LogP contribution >= 0.6 is 0 Å². The van der Waals surface area contributed by atoms with Gasteiger partial charge in [0.15, 0.2) is 0 Å². The average molecular weight is 262 g/mol. The van der Waals surface area contributed by atoms with Crippen LogP contribution in [-0.2, 0) is 6.42 Å². The third kappa shape index (κ3) is 3.82. The van der Waals surface area contributed by atoms with Crippen LogP contribution in [0.25, 0.3) is 0 Å². The average Bonchev–Trinajstić information content (AvgIpc) is 2.64. The Labute approximate surface area is 116 Å². The maximum absolute atomic E-state index is 6.00. The zero-order valence-corrected chi connectivity index (χ0v) is 12.2. The summed E-state index contributed by atoms with van der Waals surface area (Å²) in [4.78, 5) is 9.01. The van der Waals surface area contributed by atoms with E-state index in [2.05, 4.69) is 22.2 Å². The molecule has 1 aromatic heterocycles. The van der Waals surface area contributed by atoms with Gasteiger partial charge in [0, 0.05) is 18.0 Å². The van der Waals surface area contributed by atoms with Gasteiger partial charge in [-0.2, -0.15) is 0 Å². The van der Waals surface area contributed by atoms with Crippen LogP contribution in [0.2, 0.25) is 0 Å². The molecule has 1 aliphatic rings. The first-order valence-electron chi connectivity index (χ1n) is 7.60. The first kappa shape index (κ1) is 14.1. The third-order valence-corrected chi connectivity index (χ3v) is 3.90. The van der Waals surface area contributed by atoms with Crippen molar-refractivity contribution in [3.05, 3.63) is 11.4 Å². The van der Waals surface area contributed by atoms with E-state index in [1.165, 1.54) is 38.5 Å². The molecule has 0 saturated heterocycles. The summed E-state index contributed by atoms with van der Waals surface area (Å²) in [6.45, 7) is 4.14. The van der Waals surface area contributed by atoms with Crippen LogP contribution in [-0.4, -0.2) is 16.0 Å². The summed E-state index contributed by atoms with van der Waals surface area (Å²) >= 11 is 0. The Balaban J connectivity index is 2.13. The molecule has 19 heavy (non-hydrogen) atoms. The van der Waals surface area contributed by atoms with Crippen molar-refractivity contribution in [2.24, 2.45) is 0 Å². The zero-order valence-electron chi connectivity index (χ0n) is 12.2. The predicted octanol–water partition coefficient (Wildman–Crippen LogP) is 3.45. The molecule has 1 aromatic rings. The molecule has 1 heterocycles. The summed E-state index contributed by atoms with van der Waals surface area (Å²) in [5.41, 5.74) is 6.99. The molecule has 2 rings (SSSR count). The van der Waals surface area contributed by atoms with Gasteiger partial charge in [-0.05, 0) is 26.2 Å². The van der Waals surface area contributed by atoms with Crippen LogP contribution < -0.4 is 11.1 Å². The van der Waals surface area contributed by atoms with Gasteiger partial charge in [0.2, 0.25) is 0 Å². The Bertz CT molecular complexity index is 409. The van der Waals surface area contributed by atoms with Crippen molar-refractivity contribution in [3.8, 4) is 0 Å². The summed E-state index contributed by atoms with van der Waals surface area (Å²) in [5.74, 6) is 2.43. The zero-order chi connectivity index (χ0) is 13.7. The second-order valence-electron chi connectivity index (χ2n) is 5.58. The molecule has 106 valence electrons. The molecule has 1 saturated carbocycles. The quantitative estimate of drug-likeness (QED) is 0.816. The van der Waals surface area contributed by atoms with Crippen LogP contribution in [0, 0.1) is 6.92 Å². The van der Waals surface area contributed by atoms with Crippen LogP contribution in [0.3, 0.4) is 0 Å². The van der Waals surface area contributed by atoms with E-state index in [9.17, 15) is 0 Å². The Morgan fingerprint density at radius 1 is 1.16 bits per heavy atom. The molecule has 1 fully saturated rings. The minimum atomic E-state index is 0.546. The van der Waals surface area contributed by atoms with Crippen molar-refractivity contribution >= 4 is 11.6 Å². The second-order valence-corrected chi connectivity index (χ2v) is 5.58. The highest BCUT2D eigenvalue weighted by Crippen LogP contribution is 2.24. The SMILES string of the molecule is CCCc1nc(N)c(C)c(NC2CCCCCC2)n1. The first-order valence-corrected chi connectivity index (χ1v) is 7.60. The normalized spacial score (nSPS) is 17.2. The van der Waals surface area contributed by atoms with Crippen LogP contribution in [0.5, 0.6) is 0 Å². The van der Waals surface area contributed by atoms with Gasteiger partial charge in [0.25, 0.3) is 0 Å². The molecular formula is C15H26N4. The van der Waals surface area contributed by atoms with E-state index < -0.39 is 0 Å². The van der Waals surface area contributed by atoms with Gasteiger partial charge in [-0.3, -0.25) is 0 Å². The maximum Gasteiger partial charge on any atom is 0.134 e. The molecule has 4 nitrogen and oxygen atoms in total. The van der Waals surface area contributed by atoms with Crippen molar-refractivity contribution < 1.29 is 0 Å². The lowest BCUT2D eigenvalue weighted by Gasteiger charge is -2.19. The molecule has 0 spiro atoms. The second kappa shape index (κ2) is 6.73. The largest absolute Gasteiger partial charge is 0.383 e. The van der Waals surface area contributed by atoms with Crippen molar-refractivity contribution in [1.82, 2.24) is 9.97 Å². The number of nitrogens with one attached hydrogen (secondary N) is 1. The van der Waals surface area contributed by atoms with E-state index in [0.29, 0.717) is 11.9 Å². The monoisotopic (exact) mass is 262 g/mol. The molecule has 0 amide bonds. The van der Waals surface area contributed by atoms with E-state index in [-0.39, 0.29) is 0 Å². The van der Waals surface area contributed by atoms with Gasteiger partial charge < -0.3 is 11.1 Å². The predicted molar refractivity (Wildman–Crippen MR) is 80.3 cm³/mol. The highest BCUT2D eigenvalue weighted by atomic mass is 15.1. The van der Waals surface area contributed by atoms with E-state index >= 15 is 0 Å². The Morgan fingerprint density at radius 2 is 1.84 bits per heavy atom.